The van der Waals surface area contributed by atoms with E-state index in [0.717, 1.165) is 6.07 Å². The summed E-state index contributed by atoms with van der Waals surface area (Å²) in [5, 5.41) is 32.9. The molecular formula is C15H18IK3N2O7. The quantitative estimate of drug-likeness (QED) is 0.120. The summed E-state index contributed by atoms with van der Waals surface area (Å²) < 4.78 is 71.7. The summed E-state index contributed by atoms with van der Waals surface area (Å²) in [4.78, 5) is 33.5. The Bertz CT molecular complexity index is 882. The maximum absolute atomic E-state index is 11.0. The molecule has 1 rings (SSSR count). The van der Waals surface area contributed by atoms with Crippen LogP contribution in [0.2, 0.25) is 0 Å². The molecule has 0 saturated heterocycles. The predicted octanol–water partition coefficient (Wildman–Crippen LogP) is -15.7. The Kier molecular flexibility index (Phi) is 13.9. The summed E-state index contributed by atoms with van der Waals surface area (Å²) in [6.45, 7) is -14.5. The van der Waals surface area contributed by atoms with Gasteiger partial charge in [-0.15, -0.1) is 0 Å². The van der Waals surface area contributed by atoms with E-state index in [0.29, 0.717) is 17.0 Å². The molecule has 13 heteroatoms. The van der Waals surface area contributed by atoms with Gasteiger partial charge in [0.05, 0.1) is 69.9 Å². The normalized spacial score (nSPS) is 15.5. The van der Waals surface area contributed by atoms with Crippen molar-refractivity contribution in [3.05, 3.63) is 18.2 Å². The van der Waals surface area contributed by atoms with Crippen LogP contribution in [0.15, 0.2) is 18.2 Å². The second-order valence-electron chi connectivity index (χ2n) is 4.58. The minimum atomic E-state index is -3.71. The third kappa shape index (κ3) is 14.8. The van der Waals surface area contributed by atoms with E-state index < -0.39 is 80.1 Å². The van der Waals surface area contributed by atoms with Crippen LogP contribution in [0.25, 0.3) is 0 Å². The Hall–Kier alpha value is 2.83. The van der Waals surface area contributed by atoms with E-state index in [9.17, 15) is 29.7 Å². The van der Waals surface area contributed by atoms with Gasteiger partial charge in [-0.3, -0.25) is 4.48 Å². The van der Waals surface area contributed by atoms with Crippen LogP contribution in [0.4, 0.5) is 11.4 Å². The van der Waals surface area contributed by atoms with Crippen molar-refractivity contribution in [2.75, 3.05) is 45.5 Å². The molecule has 0 heterocycles. The molecule has 0 spiro atoms. The number of ether oxygens (including phenoxy) is 1. The predicted molar refractivity (Wildman–Crippen MR) is 78.7 cm³/mol. The first-order valence-electron chi connectivity index (χ1n) is 10.8. The van der Waals surface area contributed by atoms with Crippen molar-refractivity contribution in [1.82, 2.24) is 4.48 Å². The molecule has 1 aromatic carbocycles. The second kappa shape index (κ2) is 18.3. The van der Waals surface area contributed by atoms with Gasteiger partial charge in [-0.2, -0.15) is 0 Å². The van der Waals surface area contributed by atoms with Crippen LogP contribution in [0.3, 0.4) is 0 Å². The van der Waals surface area contributed by atoms with Crippen molar-refractivity contribution < 1.29 is 225 Å². The zero-order valence-electron chi connectivity index (χ0n) is 24.5. The minimum Gasteiger partial charge on any atom is -1.00 e. The third-order valence-corrected chi connectivity index (χ3v) is 2.66. The number of carbonyl (C=O) groups is 3. The number of anilines is 1. The number of nitrogens with zero attached hydrogens (tertiary/aromatic N) is 2. The Morgan fingerprint density at radius 3 is 1.89 bits per heavy atom. The van der Waals surface area contributed by atoms with Crippen molar-refractivity contribution in [1.29, 1.82) is 0 Å². The van der Waals surface area contributed by atoms with E-state index in [4.69, 9.17) is 17.1 Å². The van der Waals surface area contributed by atoms with Gasteiger partial charge in [-0.05, 0) is 6.07 Å². The zero-order chi connectivity index (χ0) is 26.0. The van der Waals surface area contributed by atoms with Crippen molar-refractivity contribution in [2.24, 2.45) is 0 Å². The Balaban J connectivity index is -0.00000136. The average Bonchev–Trinajstić information content (AvgIpc) is 2.55. The first kappa shape index (κ1) is 21.4. The van der Waals surface area contributed by atoms with Crippen LogP contribution in [0.1, 0.15) is 12.3 Å². The second-order valence-corrected chi connectivity index (χ2v) is 4.58. The number of carboxylic acids is 3. The molecule has 0 aliphatic heterocycles. The van der Waals surface area contributed by atoms with Gasteiger partial charge in [-0.25, -0.2) is 0 Å². The number of rotatable bonds is 9. The molecule has 0 aliphatic carbocycles. The molecule has 0 aromatic heterocycles. The minimum absolute atomic E-state index is 0. The van der Waals surface area contributed by atoms with Gasteiger partial charge in [0.1, 0.15) is 18.0 Å². The molecule has 0 saturated carbocycles. The summed E-state index contributed by atoms with van der Waals surface area (Å²) in [5.41, 5.74) is -1.35. The molecule has 140 valence electrons. The molecule has 0 radical (unpaired) electrons. The maximum atomic E-state index is 11.0. The maximum Gasteiger partial charge on any atom is 1.00 e. The Morgan fingerprint density at radius 2 is 1.50 bits per heavy atom. The monoisotopic (exact) mass is 592 g/mol. The number of quaternary nitrogens is 1. The summed E-state index contributed by atoms with van der Waals surface area (Å²) in [7, 11) is 0. The van der Waals surface area contributed by atoms with Crippen LogP contribution in [-0.2, 0) is 14.4 Å². The van der Waals surface area contributed by atoms with Gasteiger partial charge < -0.3 is 63.3 Å². The van der Waals surface area contributed by atoms with Gasteiger partial charge in [0.25, 0.3) is 0 Å². The van der Waals surface area contributed by atoms with Gasteiger partial charge in [0, 0.05) is 12.1 Å². The molecule has 28 heavy (non-hydrogen) atoms. The van der Waals surface area contributed by atoms with E-state index in [1.165, 1.54) is 0 Å². The molecule has 1 aromatic rings. The average molecular weight is 593 g/mol. The molecule has 0 atom stereocenters. The van der Waals surface area contributed by atoms with Crippen molar-refractivity contribution in [2.45, 2.75) is 0 Å². The summed E-state index contributed by atoms with van der Waals surface area (Å²) in [6, 6.07) is 2.08. The van der Waals surface area contributed by atoms with Crippen molar-refractivity contribution in [3.8, 4) is 5.75 Å². The van der Waals surface area contributed by atoms with Crippen LogP contribution < -0.4 is 208 Å². The van der Waals surface area contributed by atoms with E-state index in [2.05, 4.69) is 0 Å². The first-order valence-corrected chi connectivity index (χ1v) is 6.27. The van der Waals surface area contributed by atoms with Gasteiger partial charge >= 0.3 is 154 Å². The van der Waals surface area contributed by atoms with Gasteiger partial charge in [0.15, 0.2) is 0 Å². The number of benzene rings is 1. The van der Waals surface area contributed by atoms with Crippen molar-refractivity contribution in [3.63, 3.8) is 0 Å². The molecule has 0 N–H and O–H groups in total. The summed E-state index contributed by atoms with van der Waals surface area (Å²) >= 11 is 0. The molecule has 9 nitrogen and oxygen atoms in total. The van der Waals surface area contributed by atoms with Gasteiger partial charge in [0.2, 0.25) is 0 Å². The zero-order valence-corrected chi connectivity index (χ0v) is 27.0. The summed E-state index contributed by atoms with van der Waals surface area (Å²) in [6.07, 6.45) is 0. The van der Waals surface area contributed by atoms with E-state index >= 15 is 0 Å². The third-order valence-electron chi connectivity index (χ3n) is 2.66. The molecule has 0 unspecified atom stereocenters. The Labute approximate surface area is 321 Å². The largest absolute Gasteiger partial charge is 1.00 e. The smallest absolute Gasteiger partial charge is 1.00 e. The van der Waals surface area contributed by atoms with Crippen LogP contribution >= 0.6 is 0 Å². The molecule has 0 amide bonds. The van der Waals surface area contributed by atoms with Crippen LogP contribution in [0, 0.1) is 0 Å². The van der Waals surface area contributed by atoms with E-state index in [-0.39, 0.29) is 178 Å². The van der Waals surface area contributed by atoms with Gasteiger partial charge in [-0.1, -0.05) is 0 Å². The molecule has 0 bridgehead atoms. The number of hydrogen-bond acceptors (Lipinski definition) is 8. The van der Waals surface area contributed by atoms with Crippen LogP contribution in [-0.4, -0.2) is 58.5 Å². The number of carbonyl (C=O) groups excluding carboxylic acids is 3. The van der Waals surface area contributed by atoms with E-state index in [1.807, 2.05) is 0 Å². The first-order chi connectivity index (χ1) is 14.8. The summed E-state index contributed by atoms with van der Waals surface area (Å²) in [5.74, 6) is -6.08. The number of aliphatic carboxylic acids is 3. The number of halogens is 1. The van der Waals surface area contributed by atoms with Crippen LogP contribution in [0.5, 0.6) is 5.75 Å². The molecular weight excluding hydrogens is 565 g/mol. The topological polar surface area (TPSA) is 133 Å². The van der Waals surface area contributed by atoms with E-state index in [1.54, 1.807) is 0 Å². The molecule has 0 aliphatic rings. The molecule has 0 fully saturated rings. The number of hydrogen-bond donors (Lipinski definition) is 0. The fourth-order valence-corrected chi connectivity index (χ4v) is 1.76. The number of carboxylic acid groups (broad SMARTS) is 3. The fourth-order valence-electron chi connectivity index (χ4n) is 1.76. The fraction of sp³-hybridized carbons (Fsp3) is 0.400. The standard InChI is InChI=1S/C15H20N2O7.HI.3K/c1-17(2,3)10-4-5-11(12(6-10)24-9-15(22)23)16(7-13(18)19)8-14(20)21;;;;/h4-6H,7-9H2,1-3H3,(H2-,18,19,20,21,22,23);1H;;;/q;;3*+1/p-3/i1D3,2D3,3D3,17+1;;;;. The Morgan fingerprint density at radius 1 is 1.00 bits per heavy atom. The van der Waals surface area contributed by atoms with Crippen molar-refractivity contribution >= 4 is 29.3 Å². The SMILES string of the molecule is [2H]C([2H])([2H])[15N+](c1ccc(N(CC(=O)[O-])CC(=O)[O-])c(OCC(=O)[O-])c1)(C([2H])([2H])[2H])C([2H])([2H])[2H].[I-].[K+].[K+].[K+].